The van der Waals surface area contributed by atoms with Crippen molar-refractivity contribution in [2.24, 2.45) is 5.92 Å². The number of rotatable bonds is 2. The predicted molar refractivity (Wildman–Crippen MR) is 87.5 cm³/mol. The molecule has 8 heteroatoms. The third kappa shape index (κ3) is 3.58. The van der Waals surface area contributed by atoms with E-state index in [0.29, 0.717) is 39.0 Å². The van der Waals surface area contributed by atoms with Crippen LogP contribution in [-0.4, -0.2) is 78.1 Å². The molecule has 2 aliphatic rings. The Balaban J connectivity index is 1.48. The number of piperidine rings is 1. The molecule has 8 nitrogen and oxygen atoms in total. The minimum absolute atomic E-state index is 0.00503. The van der Waals surface area contributed by atoms with Crippen molar-refractivity contribution >= 4 is 17.9 Å². The number of anilines is 1. The molecule has 0 saturated carbocycles. The maximum atomic E-state index is 12.7. The second-order valence-electron chi connectivity index (χ2n) is 6.09. The molecule has 1 aromatic heterocycles. The molecule has 2 saturated heterocycles. The van der Waals surface area contributed by atoms with Gasteiger partial charge in [-0.1, -0.05) is 0 Å². The Bertz CT molecular complexity index is 566. The molecule has 3 heterocycles. The van der Waals surface area contributed by atoms with Gasteiger partial charge in [-0.2, -0.15) is 0 Å². The lowest BCUT2D eigenvalue weighted by Crippen LogP contribution is -2.52. The van der Waals surface area contributed by atoms with Crippen molar-refractivity contribution < 1.29 is 14.3 Å². The van der Waals surface area contributed by atoms with Gasteiger partial charge in [0, 0.05) is 57.6 Å². The van der Waals surface area contributed by atoms with Crippen molar-refractivity contribution in [1.29, 1.82) is 0 Å². The molecule has 0 unspecified atom stereocenters. The number of amides is 2. The molecule has 0 radical (unpaired) electrons. The highest BCUT2D eigenvalue weighted by molar-refractivity contribution is 5.79. The van der Waals surface area contributed by atoms with E-state index in [1.54, 1.807) is 23.4 Å². The van der Waals surface area contributed by atoms with Crippen LogP contribution < -0.4 is 4.90 Å². The quantitative estimate of drug-likeness (QED) is 0.789. The van der Waals surface area contributed by atoms with E-state index < -0.39 is 0 Å². The van der Waals surface area contributed by atoms with Crippen LogP contribution in [0.1, 0.15) is 12.8 Å². The van der Waals surface area contributed by atoms with Crippen molar-refractivity contribution in [3.63, 3.8) is 0 Å². The van der Waals surface area contributed by atoms with Gasteiger partial charge in [0.25, 0.3) is 0 Å². The summed E-state index contributed by atoms with van der Waals surface area (Å²) < 4.78 is 4.73. The van der Waals surface area contributed by atoms with Crippen LogP contribution in [0.2, 0.25) is 0 Å². The van der Waals surface area contributed by atoms with Gasteiger partial charge in [-0.05, 0) is 18.9 Å². The first-order chi connectivity index (χ1) is 11.7. The average Bonchev–Trinajstić information content (AvgIpc) is 2.68. The van der Waals surface area contributed by atoms with E-state index in [1.165, 1.54) is 7.11 Å². The molecule has 0 aromatic carbocycles. The molecule has 0 aliphatic carbocycles. The summed E-state index contributed by atoms with van der Waals surface area (Å²) in [6, 6.07) is 1.80. The Hall–Kier alpha value is -2.38. The number of carbonyl (C=O) groups is 2. The lowest BCUT2D eigenvalue weighted by Gasteiger charge is -2.38. The maximum Gasteiger partial charge on any atom is 0.409 e. The Morgan fingerprint density at radius 2 is 1.62 bits per heavy atom. The van der Waals surface area contributed by atoms with Crippen LogP contribution in [0.4, 0.5) is 10.7 Å². The summed E-state index contributed by atoms with van der Waals surface area (Å²) in [6.45, 7) is 4.04. The number of likely N-dealkylation sites (tertiary alicyclic amines) is 1. The molecule has 24 heavy (non-hydrogen) atoms. The molecule has 3 rings (SSSR count). The van der Waals surface area contributed by atoms with E-state index in [0.717, 1.165) is 19.0 Å². The number of piperazine rings is 1. The topological polar surface area (TPSA) is 78.9 Å². The first-order valence-electron chi connectivity index (χ1n) is 8.32. The fraction of sp³-hybridized carbons (Fsp3) is 0.625. The summed E-state index contributed by atoms with van der Waals surface area (Å²) in [6.07, 6.45) is 4.56. The third-order valence-corrected chi connectivity index (χ3v) is 4.70. The van der Waals surface area contributed by atoms with Gasteiger partial charge >= 0.3 is 6.09 Å². The number of hydrogen-bond acceptors (Lipinski definition) is 6. The Labute approximate surface area is 141 Å². The normalized spacial score (nSPS) is 19.3. The summed E-state index contributed by atoms with van der Waals surface area (Å²) in [5, 5.41) is 0. The Morgan fingerprint density at radius 1 is 1.00 bits per heavy atom. The van der Waals surface area contributed by atoms with E-state index in [-0.39, 0.29) is 17.9 Å². The molecule has 2 amide bonds. The Morgan fingerprint density at radius 3 is 2.21 bits per heavy atom. The van der Waals surface area contributed by atoms with Crippen molar-refractivity contribution in [3.8, 4) is 0 Å². The molecule has 130 valence electrons. The van der Waals surface area contributed by atoms with Crippen LogP contribution in [0.15, 0.2) is 18.5 Å². The molecule has 0 N–H and O–H groups in total. The highest BCUT2D eigenvalue weighted by atomic mass is 16.5. The number of nitrogens with zero attached hydrogens (tertiary/aromatic N) is 5. The van der Waals surface area contributed by atoms with Gasteiger partial charge in [-0.3, -0.25) is 4.79 Å². The van der Waals surface area contributed by atoms with E-state index in [4.69, 9.17) is 4.74 Å². The first kappa shape index (κ1) is 16.5. The number of hydrogen-bond donors (Lipinski definition) is 0. The van der Waals surface area contributed by atoms with Gasteiger partial charge < -0.3 is 19.4 Å². The second-order valence-corrected chi connectivity index (χ2v) is 6.09. The largest absolute Gasteiger partial charge is 0.453 e. The molecular weight excluding hydrogens is 310 g/mol. The van der Waals surface area contributed by atoms with E-state index >= 15 is 0 Å². The van der Waals surface area contributed by atoms with Crippen LogP contribution >= 0.6 is 0 Å². The molecular formula is C16H23N5O3. The molecule has 0 bridgehead atoms. The highest BCUT2D eigenvalue weighted by Crippen LogP contribution is 2.21. The van der Waals surface area contributed by atoms with Gasteiger partial charge in [0.2, 0.25) is 11.9 Å². The van der Waals surface area contributed by atoms with Crippen molar-refractivity contribution in [1.82, 2.24) is 19.8 Å². The van der Waals surface area contributed by atoms with Gasteiger partial charge in [0.1, 0.15) is 0 Å². The fourth-order valence-electron chi connectivity index (χ4n) is 3.28. The minimum Gasteiger partial charge on any atom is -0.453 e. The highest BCUT2D eigenvalue weighted by Gasteiger charge is 2.32. The second kappa shape index (κ2) is 7.46. The van der Waals surface area contributed by atoms with Gasteiger partial charge in [-0.15, -0.1) is 0 Å². The summed E-state index contributed by atoms with van der Waals surface area (Å²) in [7, 11) is 1.38. The number of carbonyl (C=O) groups excluding carboxylic acids is 2. The fourth-order valence-corrected chi connectivity index (χ4v) is 3.28. The third-order valence-electron chi connectivity index (χ3n) is 4.70. The average molecular weight is 333 g/mol. The van der Waals surface area contributed by atoms with E-state index in [2.05, 4.69) is 14.9 Å². The zero-order valence-electron chi connectivity index (χ0n) is 13.9. The van der Waals surface area contributed by atoms with Gasteiger partial charge in [0.15, 0.2) is 0 Å². The summed E-state index contributed by atoms with van der Waals surface area (Å²) in [5.41, 5.74) is 0. The SMILES string of the molecule is COC(=O)N1CCC(C(=O)N2CCN(c3ncccn3)CC2)CC1. The van der Waals surface area contributed by atoms with Crippen molar-refractivity contribution in [2.45, 2.75) is 12.8 Å². The van der Waals surface area contributed by atoms with Crippen LogP contribution in [0.25, 0.3) is 0 Å². The summed E-state index contributed by atoms with van der Waals surface area (Å²) in [5.74, 6) is 0.926. The number of aromatic nitrogens is 2. The zero-order valence-corrected chi connectivity index (χ0v) is 13.9. The summed E-state index contributed by atoms with van der Waals surface area (Å²) in [4.78, 5) is 38.4. The number of ether oxygens (including phenoxy) is 1. The van der Waals surface area contributed by atoms with Crippen molar-refractivity contribution in [3.05, 3.63) is 18.5 Å². The van der Waals surface area contributed by atoms with E-state index in [9.17, 15) is 9.59 Å². The molecule has 0 spiro atoms. The molecule has 2 aliphatic heterocycles. The minimum atomic E-state index is -0.308. The maximum absolute atomic E-state index is 12.7. The summed E-state index contributed by atoms with van der Waals surface area (Å²) >= 11 is 0. The Kier molecular flexibility index (Phi) is 5.12. The van der Waals surface area contributed by atoms with Crippen LogP contribution in [0, 0.1) is 5.92 Å². The zero-order chi connectivity index (χ0) is 16.9. The van der Waals surface area contributed by atoms with Gasteiger partial charge in [-0.25, -0.2) is 14.8 Å². The van der Waals surface area contributed by atoms with Crippen LogP contribution in [0.5, 0.6) is 0 Å². The van der Waals surface area contributed by atoms with Crippen LogP contribution in [-0.2, 0) is 9.53 Å². The standard InChI is InChI=1S/C16H23N5O3/c1-24-16(23)21-7-3-13(4-8-21)14(22)19-9-11-20(12-10-19)15-17-5-2-6-18-15/h2,5-6,13H,3-4,7-12H2,1H3. The molecule has 1 aromatic rings. The lowest BCUT2D eigenvalue weighted by atomic mass is 9.95. The predicted octanol–water partition coefficient (Wildman–Crippen LogP) is 0.604. The number of methoxy groups -OCH3 is 1. The van der Waals surface area contributed by atoms with E-state index in [1.807, 2.05) is 4.90 Å². The van der Waals surface area contributed by atoms with Crippen molar-refractivity contribution in [2.75, 3.05) is 51.3 Å². The molecule has 2 fully saturated rings. The van der Waals surface area contributed by atoms with Crippen LogP contribution in [0.3, 0.4) is 0 Å². The smallest absolute Gasteiger partial charge is 0.409 e. The van der Waals surface area contributed by atoms with Gasteiger partial charge in [0.05, 0.1) is 7.11 Å². The first-order valence-corrected chi connectivity index (χ1v) is 8.32. The molecule has 0 atom stereocenters. The lowest BCUT2D eigenvalue weighted by molar-refractivity contribution is -0.137. The monoisotopic (exact) mass is 333 g/mol.